The van der Waals surface area contributed by atoms with Gasteiger partial charge in [0.15, 0.2) is 0 Å². The van der Waals surface area contributed by atoms with Gasteiger partial charge in [0.25, 0.3) is 0 Å². The summed E-state index contributed by atoms with van der Waals surface area (Å²) in [5.41, 5.74) is 1.80. The van der Waals surface area contributed by atoms with Crippen molar-refractivity contribution in [1.29, 1.82) is 0 Å². The number of phenols is 1. The second kappa shape index (κ2) is 6.44. The van der Waals surface area contributed by atoms with Crippen molar-refractivity contribution in [1.82, 2.24) is 4.90 Å². The Bertz CT molecular complexity index is 596. The third-order valence-electron chi connectivity index (χ3n) is 3.08. The zero-order valence-corrected chi connectivity index (χ0v) is 12.0. The number of nitrogens with zero attached hydrogens (tertiary/aromatic N) is 1. The zero-order chi connectivity index (χ0) is 14.5. The van der Waals surface area contributed by atoms with Gasteiger partial charge in [-0.1, -0.05) is 41.9 Å². The van der Waals surface area contributed by atoms with Gasteiger partial charge in [-0.2, -0.15) is 0 Å². The lowest BCUT2D eigenvalue weighted by atomic mass is 10.1. The molecular formula is C16H16ClNO2. The van der Waals surface area contributed by atoms with Crippen LogP contribution in [-0.4, -0.2) is 23.0 Å². The van der Waals surface area contributed by atoms with Crippen LogP contribution in [0.3, 0.4) is 0 Å². The predicted molar refractivity (Wildman–Crippen MR) is 79.7 cm³/mol. The van der Waals surface area contributed by atoms with E-state index in [2.05, 4.69) is 0 Å². The van der Waals surface area contributed by atoms with Gasteiger partial charge in [0.2, 0.25) is 5.91 Å². The van der Waals surface area contributed by atoms with Crippen molar-refractivity contribution in [3.63, 3.8) is 0 Å². The lowest BCUT2D eigenvalue weighted by Gasteiger charge is -2.18. The molecule has 104 valence electrons. The van der Waals surface area contributed by atoms with E-state index in [1.807, 2.05) is 24.3 Å². The molecule has 0 radical (unpaired) electrons. The SMILES string of the molecule is CN(Cc1ccccc1Cl)C(=O)Cc1ccc(O)cc1. The molecule has 0 atom stereocenters. The number of hydrogen-bond acceptors (Lipinski definition) is 2. The molecule has 0 saturated carbocycles. The molecule has 0 heterocycles. The highest BCUT2D eigenvalue weighted by molar-refractivity contribution is 6.31. The van der Waals surface area contributed by atoms with Crippen LogP contribution in [0.25, 0.3) is 0 Å². The number of aromatic hydroxyl groups is 1. The van der Waals surface area contributed by atoms with E-state index in [-0.39, 0.29) is 11.7 Å². The van der Waals surface area contributed by atoms with Crippen LogP contribution in [0, 0.1) is 0 Å². The molecular weight excluding hydrogens is 274 g/mol. The van der Waals surface area contributed by atoms with E-state index in [1.165, 1.54) is 0 Å². The smallest absolute Gasteiger partial charge is 0.227 e. The van der Waals surface area contributed by atoms with Crippen LogP contribution in [0.2, 0.25) is 5.02 Å². The van der Waals surface area contributed by atoms with Gasteiger partial charge in [0.1, 0.15) is 5.75 Å². The number of phenolic OH excluding ortho intramolecular Hbond substituents is 1. The van der Waals surface area contributed by atoms with Gasteiger partial charge in [0.05, 0.1) is 6.42 Å². The second-order valence-corrected chi connectivity index (χ2v) is 5.09. The summed E-state index contributed by atoms with van der Waals surface area (Å²) >= 11 is 6.08. The van der Waals surface area contributed by atoms with E-state index in [0.29, 0.717) is 18.0 Å². The number of benzene rings is 2. The molecule has 0 aliphatic carbocycles. The molecule has 0 aliphatic heterocycles. The van der Waals surface area contributed by atoms with E-state index >= 15 is 0 Å². The van der Waals surface area contributed by atoms with Crippen molar-refractivity contribution < 1.29 is 9.90 Å². The van der Waals surface area contributed by atoms with Gasteiger partial charge < -0.3 is 10.0 Å². The minimum Gasteiger partial charge on any atom is -0.508 e. The molecule has 2 rings (SSSR count). The fourth-order valence-corrected chi connectivity index (χ4v) is 2.09. The van der Waals surface area contributed by atoms with Crippen LogP contribution in [0.5, 0.6) is 5.75 Å². The number of halogens is 1. The van der Waals surface area contributed by atoms with Crippen LogP contribution in [-0.2, 0) is 17.8 Å². The molecule has 0 fully saturated rings. The van der Waals surface area contributed by atoms with Crippen molar-refractivity contribution in [3.8, 4) is 5.75 Å². The predicted octanol–water partition coefficient (Wildman–Crippen LogP) is 3.25. The highest BCUT2D eigenvalue weighted by Gasteiger charge is 2.11. The minimum atomic E-state index is 0.00982. The maximum absolute atomic E-state index is 12.1. The maximum Gasteiger partial charge on any atom is 0.227 e. The third kappa shape index (κ3) is 3.75. The molecule has 3 nitrogen and oxygen atoms in total. The summed E-state index contributed by atoms with van der Waals surface area (Å²) in [7, 11) is 1.76. The molecule has 4 heteroatoms. The highest BCUT2D eigenvalue weighted by atomic mass is 35.5. The number of likely N-dealkylation sites (N-methyl/N-ethyl adjacent to an activating group) is 1. The highest BCUT2D eigenvalue weighted by Crippen LogP contribution is 2.17. The van der Waals surface area contributed by atoms with Crippen molar-refractivity contribution in [2.75, 3.05) is 7.05 Å². The molecule has 1 amide bonds. The Morgan fingerprint density at radius 1 is 1.15 bits per heavy atom. The third-order valence-corrected chi connectivity index (χ3v) is 3.45. The van der Waals surface area contributed by atoms with Gasteiger partial charge in [-0.15, -0.1) is 0 Å². The standard InChI is InChI=1S/C16H16ClNO2/c1-18(11-13-4-2-3-5-15(13)17)16(20)10-12-6-8-14(19)9-7-12/h2-9,19H,10-11H2,1H3. The Kier molecular flexibility index (Phi) is 4.64. The van der Waals surface area contributed by atoms with Crippen molar-refractivity contribution in [2.24, 2.45) is 0 Å². The molecule has 1 N–H and O–H groups in total. The summed E-state index contributed by atoms with van der Waals surface area (Å²) in [6.45, 7) is 0.483. The largest absolute Gasteiger partial charge is 0.508 e. The van der Waals surface area contributed by atoms with E-state index in [9.17, 15) is 9.90 Å². The van der Waals surface area contributed by atoms with Crippen molar-refractivity contribution >= 4 is 17.5 Å². The van der Waals surface area contributed by atoms with E-state index in [0.717, 1.165) is 11.1 Å². The second-order valence-electron chi connectivity index (χ2n) is 4.68. The molecule has 0 spiro atoms. The van der Waals surface area contributed by atoms with Gasteiger partial charge in [-0.25, -0.2) is 0 Å². The molecule has 2 aromatic rings. The van der Waals surface area contributed by atoms with Gasteiger partial charge in [-0.3, -0.25) is 4.79 Å². The summed E-state index contributed by atoms with van der Waals surface area (Å²) in [5.74, 6) is 0.209. The van der Waals surface area contributed by atoms with E-state index in [1.54, 1.807) is 36.2 Å². The first kappa shape index (κ1) is 14.4. The van der Waals surface area contributed by atoms with Crippen LogP contribution in [0.1, 0.15) is 11.1 Å². The Morgan fingerprint density at radius 3 is 2.45 bits per heavy atom. The van der Waals surface area contributed by atoms with Crippen LogP contribution < -0.4 is 0 Å². The Morgan fingerprint density at radius 2 is 1.80 bits per heavy atom. The summed E-state index contributed by atoms with van der Waals surface area (Å²) in [6.07, 6.45) is 0.307. The number of carbonyl (C=O) groups is 1. The quantitative estimate of drug-likeness (QED) is 0.938. The van der Waals surface area contributed by atoms with Crippen molar-refractivity contribution in [2.45, 2.75) is 13.0 Å². The van der Waals surface area contributed by atoms with Crippen LogP contribution in [0.15, 0.2) is 48.5 Å². The topological polar surface area (TPSA) is 40.5 Å². The fraction of sp³-hybridized carbons (Fsp3) is 0.188. The Hall–Kier alpha value is -2.00. The Balaban J connectivity index is 1.99. The molecule has 0 saturated heterocycles. The Labute approximate surface area is 123 Å². The maximum atomic E-state index is 12.1. The zero-order valence-electron chi connectivity index (χ0n) is 11.2. The average Bonchev–Trinajstić information content (AvgIpc) is 2.44. The molecule has 2 aromatic carbocycles. The first-order valence-electron chi connectivity index (χ1n) is 6.31. The van der Waals surface area contributed by atoms with Gasteiger partial charge in [-0.05, 0) is 29.3 Å². The van der Waals surface area contributed by atoms with Gasteiger partial charge >= 0.3 is 0 Å². The lowest BCUT2D eigenvalue weighted by molar-refractivity contribution is -0.129. The summed E-state index contributed by atoms with van der Waals surface area (Å²) in [4.78, 5) is 13.8. The first-order chi connectivity index (χ1) is 9.56. The molecule has 0 aliphatic rings. The number of rotatable bonds is 4. The monoisotopic (exact) mass is 289 g/mol. The summed E-state index contributed by atoms with van der Waals surface area (Å²) in [6, 6.07) is 14.1. The number of carbonyl (C=O) groups excluding carboxylic acids is 1. The molecule has 0 bridgehead atoms. The van der Waals surface area contributed by atoms with Crippen LogP contribution in [0.4, 0.5) is 0 Å². The minimum absolute atomic E-state index is 0.00982. The fourth-order valence-electron chi connectivity index (χ4n) is 1.89. The van der Waals surface area contributed by atoms with Crippen molar-refractivity contribution in [3.05, 3.63) is 64.7 Å². The average molecular weight is 290 g/mol. The number of amides is 1. The summed E-state index contributed by atoms with van der Waals surface area (Å²) in [5, 5.41) is 9.88. The molecule has 0 unspecified atom stereocenters. The first-order valence-corrected chi connectivity index (χ1v) is 6.69. The van der Waals surface area contributed by atoms with E-state index in [4.69, 9.17) is 11.6 Å². The van der Waals surface area contributed by atoms with Gasteiger partial charge in [0, 0.05) is 18.6 Å². The normalized spacial score (nSPS) is 10.3. The number of hydrogen-bond donors (Lipinski definition) is 1. The molecule has 20 heavy (non-hydrogen) atoms. The lowest BCUT2D eigenvalue weighted by Crippen LogP contribution is -2.27. The molecule has 0 aromatic heterocycles. The van der Waals surface area contributed by atoms with Crippen LogP contribution >= 0.6 is 11.6 Å². The van der Waals surface area contributed by atoms with E-state index < -0.39 is 0 Å². The summed E-state index contributed by atoms with van der Waals surface area (Å²) < 4.78 is 0.